The van der Waals surface area contributed by atoms with Gasteiger partial charge < -0.3 is 4.74 Å². The molecule has 2 heterocycles. The summed E-state index contributed by atoms with van der Waals surface area (Å²) < 4.78 is 5.80. The lowest BCUT2D eigenvalue weighted by atomic mass is 9.65. The van der Waals surface area contributed by atoms with Crippen LogP contribution in [0.4, 0.5) is 0 Å². The topological polar surface area (TPSA) is 45.3 Å². The number of hydrogen-bond donors (Lipinski definition) is 3. The van der Waals surface area contributed by atoms with Gasteiger partial charge in [0.15, 0.2) is 0 Å². The molecule has 0 aromatic heterocycles. The largest absolute Gasteiger partial charge is 0.377 e. The third-order valence-electron chi connectivity index (χ3n) is 7.39. The van der Waals surface area contributed by atoms with Gasteiger partial charge >= 0.3 is 0 Å². The van der Waals surface area contributed by atoms with Gasteiger partial charge in [0.1, 0.15) is 0 Å². The summed E-state index contributed by atoms with van der Waals surface area (Å²) >= 11 is 6.42. The highest BCUT2D eigenvalue weighted by Crippen LogP contribution is 2.43. The summed E-state index contributed by atoms with van der Waals surface area (Å²) in [4.78, 5) is 0. The number of nitrogens with one attached hydrogen (secondary N) is 3. The Labute approximate surface area is 158 Å². The first kappa shape index (κ1) is 18.5. The quantitative estimate of drug-likeness (QED) is 0.664. The minimum Gasteiger partial charge on any atom is -0.377 e. The lowest BCUT2D eigenvalue weighted by Crippen LogP contribution is -2.68. The average Bonchev–Trinajstić information content (AvgIpc) is 3.14. The summed E-state index contributed by atoms with van der Waals surface area (Å²) in [5, 5.41) is 4.18. The molecule has 0 radical (unpaired) electrons. The van der Waals surface area contributed by atoms with Crippen molar-refractivity contribution in [1.29, 1.82) is 0 Å². The first-order valence-electron chi connectivity index (χ1n) is 10.7. The average molecular weight is 370 g/mol. The van der Waals surface area contributed by atoms with E-state index >= 15 is 0 Å². The Bertz CT molecular complexity index is 431. The normalized spacial score (nSPS) is 48.2. The summed E-state index contributed by atoms with van der Waals surface area (Å²) in [6.07, 6.45) is 12.4. The molecule has 144 valence electrons. The van der Waals surface area contributed by atoms with E-state index in [0.29, 0.717) is 23.7 Å². The van der Waals surface area contributed by atoms with E-state index in [1.165, 1.54) is 57.8 Å². The van der Waals surface area contributed by atoms with Crippen molar-refractivity contribution in [2.24, 2.45) is 23.7 Å². The molecule has 2 aliphatic heterocycles. The van der Waals surface area contributed by atoms with Crippen molar-refractivity contribution >= 4 is 11.6 Å². The number of rotatable bonds is 4. The predicted octanol–water partition coefficient (Wildman–Crippen LogP) is 3.41. The molecule has 4 aliphatic rings. The molecule has 0 aromatic carbocycles. The van der Waals surface area contributed by atoms with Crippen LogP contribution in [0.1, 0.15) is 64.7 Å². The lowest BCUT2D eigenvalue weighted by Gasteiger charge is -2.51. The van der Waals surface area contributed by atoms with Gasteiger partial charge in [0.25, 0.3) is 0 Å². The molecule has 3 N–H and O–H groups in total. The van der Waals surface area contributed by atoms with Crippen LogP contribution in [-0.4, -0.2) is 36.8 Å². The van der Waals surface area contributed by atoms with Crippen LogP contribution >= 0.6 is 11.6 Å². The van der Waals surface area contributed by atoms with Crippen LogP contribution in [0.2, 0.25) is 0 Å². The second-order valence-electron chi connectivity index (χ2n) is 9.00. The van der Waals surface area contributed by atoms with Gasteiger partial charge in [0, 0.05) is 24.6 Å². The molecule has 8 atom stereocenters. The van der Waals surface area contributed by atoms with Crippen LogP contribution in [-0.2, 0) is 4.74 Å². The van der Waals surface area contributed by atoms with E-state index in [1.807, 2.05) is 0 Å². The molecule has 2 saturated heterocycles. The molecule has 0 spiro atoms. The van der Waals surface area contributed by atoms with Crippen LogP contribution in [0.3, 0.4) is 0 Å². The molecule has 25 heavy (non-hydrogen) atoms. The molecule has 2 saturated carbocycles. The minimum atomic E-state index is 0.394. The van der Waals surface area contributed by atoms with Gasteiger partial charge in [-0.15, -0.1) is 11.6 Å². The zero-order valence-electron chi connectivity index (χ0n) is 15.7. The Morgan fingerprint density at radius 3 is 2.56 bits per heavy atom. The van der Waals surface area contributed by atoms with Gasteiger partial charge in [-0.2, -0.15) is 0 Å². The van der Waals surface area contributed by atoms with Crippen molar-refractivity contribution in [3.05, 3.63) is 0 Å². The van der Waals surface area contributed by atoms with E-state index in [1.54, 1.807) is 0 Å². The van der Waals surface area contributed by atoms with E-state index in [-0.39, 0.29) is 0 Å². The number of hydrazine groups is 1. The molecular formula is C20H36ClN3O. The number of fused-ring (bicyclic) bond motifs is 1. The molecule has 4 rings (SSSR count). The van der Waals surface area contributed by atoms with Gasteiger partial charge in [0.05, 0.1) is 12.3 Å². The highest BCUT2D eigenvalue weighted by Gasteiger charge is 2.45. The monoisotopic (exact) mass is 369 g/mol. The fourth-order valence-corrected chi connectivity index (χ4v) is 6.43. The molecule has 0 aromatic rings. The van der Waals surface area contributed by atoms with Gasteiger partial charge in [-0.1, -0.05) is 19.8 Å². The maximum absolute atomic E-state index is 6.42. The Morgan fingerprint density at radius 2 is 1.80 bits per heavy atom. The van der Waals surface area contributed by atoms with E-state index in [4.69, 9.17) is 16.3 Å². The molecule has 2 aliphatic carbocycles. The predicted molar refractivity (Wildman–Crippen MR) is 102 cm³/mol. The maximum atomic E-state index is 6.42. The number of alkyl halides is 1. The fourth-order valence-electron chi connectivity index (χ4n) is 6.03. The zero-order chi connectivity index (χ0) is 17.2. The highest BCUT2D eigenvalue weighted by molar-refractivity contribution is 6.20. The maximum Gasteiger partial charge on any atom is 0.0736 e. The van der Waals surface area contributed by atoms with E-state index in [2.05, 4.69) is 23.1 Å². The first-order chi connectivity index (χ1) is 12.2. The van der Waals surface area contributed by atoms with E-state index in [9.17, 15) is 0 Å². The van der Waals surface area contributed by atoms with Crippen molar-refractivity contribution in [2.45, 2.75) is 88.4 Å². The van der Waals surface area contributed by atoms with Crippen molar-refractivity contribution in [3.8, 4) is 0 Å². The van der Waals surface area contributed by atoms with Gasteiger partial charge in [-0.05, 0) is 68.6 Å². The molecule has 5 heteroatoms. The summed E-state index contributed by atoms with van der Waals surface area (Å²) in [7, 11) is 0. The first-order valence-corrected chi connectivity index (χ1v) is 11.2. The van der Waals surface area contributed by atoms with Gasteiger partial charge in [0.2, 0.25) is 0 Å². The molecule has 0 amide bonds. The summed E-state index contributed by atoms with van der Waals surface area (Å²) in [5.41, 5.74) is 7.43. The van der Waals surface area contributed by atoms with Crippen molar-refractivity contribution in [1.82, 2.24) is 16.2 Å². The van der Waals surface area contributed by atoms with Crippen molar-refractivity contribution in [2.75, 3.05) is 13.2 Å². The Balaban J connectivity index is 1.39. The van der Waals surface area contributed by atoms with Crippen LogP contribution in [0.25, 0.3) is 0 Å². The van der Waals surface area contributed by atoms with E-state index in [0.717, 1.165) is 36.8 Å². The van der Waals surface area contributed by atoms with Crippen LogP contribution < -0.4 is 16.2 Å². The molecule has 4 nitrogen and oxygen atoms in total. The number of ether oxygens (including phenoxy) is 1. The summed E-state index contributed by atoms with van der Waals surface area (Å²) in [6.45, 7) is 4.35. The highest BCUT2D eigenvalue weighted by atomic mass is 35.5. The second-order valence-corrected chi connectivity index (χ2v) is 9.62. The zero-order valence-corrected chi connectivity index (χ0v) is 16.4. The van der Waals surface area contributed by atoms with Crippen LogP contribution in [0.5, 0.6) is 0 Å². The number of halogens is 1. The summed E-state index contributed by atoms with van der Waals surface area (Å²) in [5.74, 6) is 3.06. The summed E-state index contributed by atoms with van der Waals surface area (Å²) in [6, 6.07) is 0.616. The fraction of sp³-hybridized carbons (Fsp3) is 1.00. The second kappa shape index (κ2) is 8.43. The number of hydrogen-bond acceptors (Lipinski definition) is 4. The van der Waals surface area contributed by atoms with Crippen molar-refractivity contribution < 1.29 is 4.74 Å². The molecule has 8 unspecified atom stereocenters. The lowest BCUT2D eigenvalue weighted by molar-refractivity contribution is 0.00623. The standard InChI is InChI=1S/C20H36ClN3O/c1-13-11-14(21)8-9-16(13)19-17-6-2-3-7-18(17)20(24-23-19)22-12-15-5-4-10-25-15/h13-20,22-24H,2-12H2,1H3. The van der Waals surface area contributed by atoms with Crippen molar-refractivity contribution in [3.63, 3.8) is 0 Å². The minimum absolute atomic E-state index is 0.394. The van der Waals surface area contributed by atoms with Gasteiger partial charge in [-0.3, -0.25) is 10.7 Å². The third kappa shape index (κ3) is 4.19. The SMILES string of the molecule is CC1CC(Cl)CCC1C1NNC(NCC2CCCO2)C2CCCCC21. The van der Waals surface area contributed by atoms with Crippen LogP contribution in [0.15, 0.2) is 0 Å². The smallest absolute Gasteiger partial charge is 0.0736 e. The molecule has 4 fully saturated rings. The Kier molecular flexibility index (Phi) is 6.24. The molecular weight excluding hydrogens is 334 g/mol. The van der Waals surface area contributed by atoms with Crippen LogP contribution in [0, 0.1) is 23.7 Å². The van der Waals surface area contributed by atoms with Gasteiger partial charge in [-0.25, -0.2) is 5.43 Å². The Hall–Kier alpha value is 0.130. The van der Waals surface area contributed by atoms with E-state index < -0.39 is 0 Å². The third-order valence-corrected chi connectivity index (χ3v) is 7.79. The Morgan fingerprint density at radius 1 is 0.960 bits per heavy atom. The molecule has 0 bridgehead atoms.